The van der Waals surface area contributed by atoms with E-state index in [-0.39, 0.29) is 5.41 Å². The van der Waals surface area contributed by atoms with E-state index >= 15 is 0 Å². The van der Waals surface area contributed by atoms with Crippen LogP contribution in [-0.2, 0) is 0 Å². The smallest absolute Gasteiger partial charge is 0.115 e. The second kappa shape index (κ2) is 2.25. The van der Waals surface area contributed by atoms with E-state index in [1.165, 1.54) is 5.57 Å². The summed E-state index contributed by atoms with van der Waals surface area (Å²) in [5, 5.41) is 9.53. The number of hydrogen-bond acceptors (Lipinski definition) is 1. The highest BCUT2D eigenvalue weighted by Gasteiger charge is 2.26. The molecule has 1 N–H and O–H groups in total. The number of aliphatic hydroxyl groups excluding tert-OH is 1. The zero-order valence-corrected chi connectivity index (χ0v) is 7.59. The Balaban J connectivity index is 2.34. The average Bonchev–Trinajstić information content (AvgIpc) is 2.31. The highest BCUT2D eigenvalue weighted by atomic mass is 16.3. The van der Waals surface area contributed by atoms with Crippen molar-refractivity contribution >= 4 is 0 Å². The zero-order valence-electron chi connectivity index (χ0n) is 7.59. The van der Waals surface area contributed by atoms with Gasteiger partial charge in [0.05, 0.1) is 0 Å². The first-order valence-corrected chi connectivity index (χ1v) is 4.39. The first kappa shape index (κ1) is 7.66. The van der Waals surface area contributed by atoms with Gasteiger partial charge >= 0.3 is 0 Å². The Hall–Kier alpha value is -0.980. The van der Waals surface area contributed by atoms with Gasteiger partial charge in [-0.2, -0.15) is 0 Å². The van der Waals surface area contributed by atoms with Crippen molar-refractivity contribution in [2.24, 2.45) is 5.41 Å². The van der Waals surface area contributed by atoms with Crippen molar-refractivity contribution in [1.82, 2.24) is 0 Å². The van der Waals surface area contributed by atoms with Crippen molar-refractivity contribution in [1.29, 1.82) is 0 Å². The predicted octanol–water partition coefficient (Wildman–Crippen LogP) is 3.11. The van der Waals surface area contributed by atoms with E-state index in [4.69, 9.17) is 0 Å². The topological polar surface area (TPSA) is 20.2 Å². The van der Waals surface area contributed by atoms with Crippen LogP contribution < -0.4 is 0 Å². The summed E-state index contributed by atoms with van der Waals surface area (Å²) in [5.74, 6) is 0.502. The third-order valence-corrected chi connectivity index (χ3v) is 2.58. The molecule has 2 rings (SSSR count). The quantitative estimate of drug-likeness (QED) is 0.580. The van der Waals surface area contributed by atoms with E-state index in [2.05, 4.69) is 26.0 Å². The van der Waals surface area contributed by atoms with Gasteiger partial charge in [0.15, 0.2) is 0 Å². The van der Waals surface area contributed by atoms with Crippen molar-refractivity contribution in [3.63, 3.8) is 0 Å². The Morgan fingerprint density at radius 1 is 1.42 bits per heavy atom. The lowest BCUT2D eigenvalue weighted by Gasteiger charge is -2.25. The summed E-state index contributed by atoms with van der Waals surface area (Å²) in [6.45, 7) is 4.39. The van der Waals surface area contributed by atoms with Crippen LogP contribution in [0.4, 0.5) is 0 Å². The van der Waals surface area contributed by atoms with Gasteiger partial charge in [0.25, 0.3) is 0 Å². The lowest BCUT2D eigenvalue weighted by molar-refractivity contribution is 0.394. The Kier molecular flexibility index (Phi) is 1.44. The van der Waals surface area contributed by atoms with E-state index in [1.807, 2.05) is 6.08 Å². The van der Waals surface area contributed by atoms with E-state index in [1.54, 1.807) is 0 Å². The maximum Gasteiger partial charge on any atom is 0.115 e. The molecule has 1 nitrogen and oxygen atoms in total. The molecule has 1 heteroatoms. The monoisotopic (exact) mass is 162 g/mol. The molecular formula is C11H14O. The first-order valence-electron chi connectivity index (χ1n) is 4.39. The summed E-state index contributed by atoms with van der Waals surface area (Å²) in [4.78, 5) is 0. The van der Waals surface area contributed by atoms with Gasteiger partial charge in [-0.25, -0.2) is 0 Å². The molecule has 2 aliphatic rings. The fourth-order valence-corrected chi connectivity index (χ4v) is 1.83. The molecule has 0 aliphatic heterocycles. The molecule has 0 unspecified atom stereocenters. The minimum atomic E-state index is 0.213. The molecule has 0 radical (unpaired) electrons. The third kappa shape index (κ3) is 1.09. The van der Waals surface area contributed by atoms with Gasteiger partial charge in [-0.3, -0.25) is 0 Å². The fourth-order valence-electron chi connectivity index (χ4n) is 1.83. The molecule has 0 spiro atoms. The second-order valence-corrected chi connectivity index (χ2v) is 4.30. The largest absolute Gasteiger partial charge is 0.508 e. The average molecular weight is 162 g/mol. The fraction of sp³-hybridized carbons (Fsp3) is 0.455. The molecule has 0 aromatic rings. The lowest BCUT2D eigenvalue weighted by atomic mass is 9.80. The van der Waals surface area contributed by atoms with E-state index in [9.17, 15) is 5.11 Å². The van der Waals surface area contributed by atoms with Crippen LogP contribution in [0.2, 0.25) is 0 Å². The number of rotatable bonds is 0. The number of allylic oxidation sites excluding steroid dienone is 5. The van der Waals surface area contributed by atoms with Crippen molar-refractivity contribution in [2.75, 3.05) is 0 Å². The van der Waals surface area contributed by atoms with Crippen LogP contribution in [0.5, 0.6) is 0 Å². The van der Waals surface area contributed by atoms with Crippen LogP contribution in [0.25, 0.3) is 0 Å². The SMILES string of the molecule is CC1(C)C=CC2=C(C1)C(O)=CC2. The summed E-state index contributed by atoms with van der Waals surface area (Å²) < 4.78 is 0. The highest BCUT2D eigenvalue weighted by Crippen LogP contribution is 2.40. The molecule has 0 bridgehead atoms. The van der Waals surface area contributed by atoms with Gasteiger partial charge in [0.1, 0.15) is 5.76 Å². The molecule has 0 heterocycles. The van der Waals surface area contributed by atoms with Crippen LogP contribution in [0.3, 0.4) is 0 Å². The molecule has 2 aliphatic carbocycles. The predicted molar refractivity (Wildman–Crippen MR) is 49.9 cm³/mol. The third-order valence-electron chi connectivity index (χ3n) is 2.58. The molecule has 0 aromatic heterocycles. The summed E-state index contributed by atoms with van der Waals surface area (Å²) in [5.41, 5.74) is 2.67. The maximum absolute atomic E-state index is 9.53. The Bertz CT molecular complexity index is 303. The van der Waals surface area contributed by atoms with Gasteiger partial charge in [-0.05, 0) is 35.5 Å². The zero-order chi connectivity index (χ0) is 8.77. The summed E-state index contributed by atoms with van der Waals surface area (Å²) in [6.07, 6.45) is 8.17. The van der Waals surface area contributed by atoms with E-state index < -0.39 is 0 Å². The molecule has 0 atom stereocenters. The highest BCUT2D eigenvalue weighted by molar-refractivity contribution is 5.47. The molecule has 64 valence electrons. The summed E-state index contributed by atoms with van der Waals surface area (Å²) in [6, 6.07) is 0. The second-order valence-electron chi connectivity index (χ2n) is 4.30. The summed E-state index contributed by atoms with van der Waals surface area (Å²) >= 11 is 0. The van der Waals surface area contributed by atoms with Gasteiger partial charge in [-0.1, -0.05) is 26.0 Å². The van der Waals surface area contributed by atoms with Crippen molar-refractivity contribution in [2.45, 2.75) is 26.7 Å². The molecule has 0 saturated carbocycles. The van der Waals surface area contributed by atoms with Crippen molar-refractivity contribution < 1.29 is 5.11 Å². The molecule has 0 fully saturated rings. The Morgan fingerprint density at radius 3 is 2.92 bits per heavy atom. The normalized spacial score (nSPS) is 25.7. The number of aliphatic hydroxyl groups is 1. The first-order chi connectivity index (χ1) is 5.58. The van der Waals surface area contributed by atoms with Crippen LogP contribution in [0, 0.1) is 5.41 Å². The summed E-state index contributed by atoms with van der Waals surface area (Å²) in [7, 11) is 0. The molecular weight excluding hydrogens is 148 g/mol. The van der Waals surface area contributed by atoms with Crippen LogP contribution >= 0.6 is 0 Å². The van der Waals surface area contributed by atoms with E-state index in [0.29, 0.717) is 5.76 Å². The molecule has 0 saturated heterocycles. The Labute approximate surface area is 73.1 Å². The minimum absolute atomic E-state index is 0.213. The van der Waals surface area contributed by atoms with Crippen LogP contribution in [0.1, 0.15) is 26.7 Å². The molecule has 0 amide bonds. The van der Waals surface area contributed by atoms with Gasteiger partial charge in [0.2, 0.25) is 0 Å². The van der Waals surface area contributed by atoms with Crippen LogP contribution in [-0.4, -0.2) is 5.11 Å². The minimum Gasteiger partial charge on any atom is -0.508 e. The molecule has 12 heavy (non-hydrogen) atoms. The van der Waals surface area contributed by atoms with Gasteiger partial charge in [0, 0.05) is 0 Å². The van der Waals surface area contributed by atoms with Crippen molar-refractivity contribution in [3.05, 3.63) is 35.1 Å². The van der Waals surface area contributed by atoms with Crippen LogP contribution in [0.15, 0.2) is 35.1 Å². The molecule has 0 aromatic carbocycles. The van der Waals surface area contributed by atoms with Gasteiger partial charge in [-0.15, -0.1) is 0 Å². The van der Waals surface area contributed by atoms with Gasteiger partial charge < -0.3 is 5.11 Å². The maximum atomic E-state index is 9.53. The Morgan fingerprint density at radius 2 is 2.17 bits per heavy atom. The van der Waals surface area contributed by atoms with E-state index in [0.717, 1.165) is 18.4 Å². The van der Waals surface area contributed by atoms with Crippen molar-refractivity contribution in [3.8, 4) is 0 Å². The standard InChI is InChI=1S/C11H14O/c1-11(2)6-5-8-3-4-10(12)9(8)7-11/h4-6,12H,3,7H2,1-2H3. The lowest BCUT2D eigenvalue weighted by Crippen LogP contribution is -2.12. The number of hydrogen-bond donors (Lipinski definition) is 1.